The number of hydrogen-bond acceptors (Lipinski definition) is 10. The molecule has 0 unspecified atom stereocenters. The number of rotatable bonds is 9. The number of non-ortho nitro benzene ring substituents is 1. The van der Waals surface area contributed by atoms with Crippen LogP contribution in [0.15, 0.2) is 72.0 Å². The molecule has 194 valence electrons. The van der Waals surface area contributed by atoms with Crippen molar-refractivity contribution in [3.05, 3.63) is 93.8 Å². The third-order valence-electron chi connectivity index (χ3n) is 5.68. The third kappa shape index (κ3) is 5.16. The Morgan fingerprint density at radius 2 is 1.39 bits per heavy atom. The Labute approximate surface area is 217 Å². The topological polar surface area (TPSA) is 132 Å². The normalized spacial score (nSPS) is 11.1. The van der Waals surface area contributed by atoms with E-state index in [1.165, 1.54) is 45.6 Å². The largest absolute Gasteiger partial charge is 0.493 e. The molecule has 0 aliphatic rings. The predicted octanol–water partition coefficient (Wildman–Crippen LogP) is 4.79. The van der Waals surface area contributed by atoms with Gasteiger partial charge in [-0.3, -0.25) is 15.1 Å². The maximum atomic E-state index is 12.8. The maximum absolute atomic E-state index is 12.8. The molecule has 0 atom stereocenters. The molecule has 0 amide bonds. The minimum absolute atomic E-state index is 0.0864. The molecule has 11 nitrogen and oxygen atoms in total. The van der Waals surface area contributed by atoms with Gasteiger partial charge in [0, 0.05) is 29.3 Å². The highest BCUT2D eigenvalue weighted by molar-refractivity contribution is 6.18. The van der Waals surface area contributed by atoms with Crippen LogP contribution in [0.5, 0.6) is 23.0 Å². The number of aromatic nitrogens is 1. The number of fused-ring (bicyclic) bond motifs is 1. The van der Waals surface area contributed by atoms with Gasteiger partial charge in [-0.15, -0.1) is 0 Å². The Morgan fingerprint density at radius 3 is 2.03 bits per heavy atom. The summed E-state index contributed by atoms with van der Waals surface area (Å²) in [5.41, 5.74) is 1.07. The van der Waals surface area contributed by atoms with Crippen LogP contribution in [0.3, 0.4) is 0 Å². The zero-order valence-electron chi connectivity index (χ0n) is 21.0. The molecular formula is C27H23N3O8. The molecule has 0 saturated carbocycles. The van der Waals surface area contributed by atoms with Crippen molar-refractivity contribution in [3.63, 3.8) is 0 Å². The number of pyridine rings is 1. The summed E-state index contributed by atoms with van der Waals surface area (Å²) in [6.07, 6.45) is 1.60. The molecule has 38 heavy (non-hydrogen) atoms. The smallest absolute Gasteiger partial charge is 0.365 e. The third-order valence-corrected chi connectivity index (χ3v) is 5.68. The first kappa shape index (κ1) is 25.9. The summed E-state index contributed by atoms with van der Waals surface area (Å²) in [7, 11) is 6.08. The van der Waals surface area contributed by atoms with E-state index in [9.17, 15) is 14.9 Å². The molecule has 0 aliphatic heterocycles. The summed E-state index contributed by atoms with van der Waals surface area (Å²) >= 11 is 0. The van der Waals surface area contributed by atoms with Crippen LogP contribution >= 0.6 is 0 Å². The quantitative estimate of drug-likeness (QED) is 0.133. The lowest BCUT2D eigenvalue weighted by Crippen LogP contribution is -2.11. The molecule has 0 saturated heterocycles. The van der Waals surface area contributed by atoms with Gasteiger partial charge in [0.25, 0.3) is 5.69 Å². The van der Waals surface area contributed by atoms with Gasteiger partial charge in [-0.25, -0.2) is 4.79 Å². The Bertz CT molecular complexity index is 1530. The van der Waals surface area contributed by atoms with E-state index in [2.05, 4.69) is 10.1 Å². The van der Waals surface area contributed by atoms with Crippen LogP contribution in [0.2, 0.25) is 0 Å². The molecule has 11 heteroatoms. The van der Waals surface area contributed by atoms with Gasteiger partial charge in [0.05, 0.1) is 38.9 Å². The molecule has 4 aromatic rings. The molecule has 0 radical (unpaired) electrons. The molecule has 0 N–H and O–H groups in total. The van der Waals surface area contributed by atoms with Crippen molar-refractivity contribution in [2.75, 3.05) is 28.4 Å². The highest BCUT2D eigenvalue weighted by Crippen LogP contribution is 2.35. The van der Waals surface area contributed by atoms with Crippen LogP contribution in [-0.4, -0.2) is 50.0 Å². The van der Waals surface area contributed by atoms with Crippen molar-refractivity contribution in [1.29, 1.82) is 0 Å². The van der Waals surface area contributed by atoms with Crippen LogP contribution in [0.4, 0.5) is 5.69 Å². The van der Waals surface area contributed by atoms with Crippen LogP contribution in [0.1, 0.15) is 21.6 Å². The number of benzene rings is 3. The minimum Gasteiger partial charge on any atom is -0.493 e. The van der Waals surface area contributed by atoms with Crippen molar-refractivity contribution < 1.29 is 33.5 Å². The molecule has 1 aromatic heterocycles. The summed E-state index contributed by atoms with van der Waals surface area (Å²) in [5.74, 6) is 1.13. The van der Waals surface area contributed by atoms with E-state index in [1.54, 1.807) is 49.7 Å². The van der Waals surface area contributed by atoms with Crippen molar-refractivity contribution in [2.45, 2.75) is 0 Å². The first-order valence-corrected chi connectivity index (χ1v) is 11.2. The van der Waals surface area contributed by atoms with Gasteiger partial charge in [0.2, 0.25) is 0 Å². The van der Waals surface area contributed by atoms with Crippen LogP contribution in [0, 0.1) is 10.1 Å². The molecular weight excluding hydrogens is 494 g/mol. The monoisotopic (exact) mass is 517 g/mol. The highest BCUT2D eigenvalue weighted by atomic mass is 16.7. The number of hydrogen-bond donors (Lipinski definition) is 0. The van der Waals surface area contributed by atoms with E-state index >= 15 is 0 Å². The minimum atomic E-state index is -0.808. The molecule has 0 spiro atoms. The number of oxime groups is 1. The fourth-order valence-corrected chi connectivity index (χ4v) is 3.76. The van der Waals surface area contributed by atoms with Crippen LogP contribution in [-0.2, 0) is 4.84 Å². The summed E-state index contributed by atoms with van der Waals surface area (Å²) in [6.45, 7) is 0. The summed E-state index contributed by atoms with van der Waals surface area (Å²) in [5, 5.41) is 16.5. The maximum Gasteiger partial charge on any atom is 0.365 e. The fraction of sp³-hybridized carbons (Fsp3) is 0.148. The number of nitro benzene ring substituents is 1. The van der Waals surface area contributed by atoms with Crippen LogP contribution < -0.4 is 18.9 Å². The average Bonchev–Trinajstić information content (AvgIpc) is 2.96. The predicted molar refractivity (Wildman–Crippen MR) is 139 cm³/mol. The summed E-state index contributed by atoms with van der Waals surface area (Å²) in [6, 6.07) is 15.5. The van der Waals surface area contributed by atoms with Crippen molar-refractivity contribution in [2.24, 2.45) is 5.16 Å². The first-order valence-electron chi connectivity index (χ1n) is 11.2. The molecule has 4 rings (SSSR count). The number of nitro groups is 1. The lowest BCUT2D eigenvalue weighted by atomic mass is 10.0. The van der Waals surface area contributed by atoms with Gasteiger partial charge in [-0.05, 0) is 53.9 Å². The first-order chi connectivity index (χ1) is 18.4. The van der Waals surface area contributed by atoms with E-state index in [-0.39, 0.29) is 17.0 Å². The van der Waals surface area contributed by atoms with Gasteiger partial charge >= 0.3 is 5.97 Å². The summed E-state index contributed by atoms with van der Waals surface area (Å²) < 4.78 is 21.7. The lowest BCUT2D eigenvalue weighted by Gasteiger charge is -2.14. The molecule has 0 bridgehead atoms. The lowest BCUT2D eigenvalue weighted by molar-refractivity contribution is -0.384. The number of methoxy groups -OCH3 is 4. The van der Waals surface area contributed by atoms with Gasteiger partial charge in [0.1, 0.15) is 11.4 Å². The number of ether oxygens (including phenoxy) is 4. The van der Waals surface area contributed by atoms with E-state index < -0.39 is 10.9 Å². The number of carbonyl (C=O) groups excluding carboxylic acids is 1. The van der Waals surface area contributed by atoms with E-state index in [0.717, 1.165) is 5.39 Å². The zero-order valence-corrected chi connectivity index (χ0v) is 21.0. The molecule has 0 aliphatic carbocycles. The number of nitrogens with zero attached hydrogens (tertiary/aromatic N) is 3. The average molecular weight is 517 g/mol. The highest BCUT2D eigenvalue weighted by Gasteiger charge is 2.20. The second-order valence-electron chi connectivity index (χ2n) is 7.78. The zero-order chi connectivity index (χ0) is 27.2. The Balaban J connectivity index is 1.85. The Hall–Kier alpha value is -5.19. The standard InChI is InChI=1S/C27H23N3O8/c1-34-21-10-7-18(14-22(21)35-2)25(29-38-27(31)16-5-8-19(9-6-16)30(32)33)26-20-15-24(37-4)23(36-3)13-17(20)11-12-28-26/h5-15H,1-4H3/b29-25+. The van der Waals surface area contributed by atoms with E-state index in [1.807, 2.05) is 0 Å². The van der Waals surface area contributed by atoms with E-state index in [4.69, 9.17) is 23.8 Å². The molecule has 1 heterocycles. The van der Waals surface area contributed by atoms with Gasteiger partial charge in [-0.1, -0.05) is 5.16 Å². The van der Waals surface area contributed by atoms with Gasteiger partial charge < -0.3 is 23.8 Å². The van der Waals surface area contributed by atoms with Crippen LogP contribution in [0.25, 0.3) is 10.8 Å². The molecule has 0 fully saturated rings. The SMILES string of the molecule is COc1ccc(/C(=N\OC(=O)c2ccc([N+](=O)[O-])cc2)c2nccc3cc(OC)c(OC)cc23)cc1OC. The Kier molecular flexibility index (Phi) is 7.66. The molecule has 3 aromatic carbocycles. The summed E-state index contributed by atoms with van der Waals surface area (Å²) in [4.78, 5) is 33.0. The van der Waals surface area contributed by atoms with Gasteiger partial charge in [0.15, 0.2) is 23.0 Å². The second-order valence-corrected chi connectivity index (χ2v) is 7.78. The Morgan fingerprint density at radius 1 is 0.789 bits per heavy atom. The van der Waals surface area contributed by atoms with Gasteiger partial charge in [-0.2, -0.15) is 0 Å². The van der Waals surface area contributed by atoms with Crippen molar-refractivity contribution in [3.8, 4) is 23.0 Å². The van der Waals surface area contributed by atoms with E-state index in [0.29, 0.717) is 39.6 Å². The van der Waals surface area contributed by atoms with Crippen molar-refractivity contribution >= 4 is 28.1 Å². The number of carbonyl (C=O) groups is 1. The second kappa shape index (κ2) is 11.2. The van der Waals surface area contributed by atoms with Crippen molar-refractivity contribution in [1.82, 2.24) is 4.98 Å². The fourth-order valence-electron chi connectivity index (χ4n) is 3.76.